The molecule has 1 heterocycles. The fourth-order valence-electron chi connectivity index (χ4n) is 4.69. The van der Waals surface area contributed by atoms with Crippen molar-refractivity contribution in [1.29, 1.82) is 0 Å². The molecule has 2 aromatic rings. The fraction of sp³-hybridized carbons (Fsp3) is 0.500. The van der Waals surface area contributed by atoms with Gasteiger partial charge >= 0.3 is 0 Å². The minimum absolute atomic E-state index is 0.000427. The van der Waals surface area contributed by atoms with Crippen molar-refractivity contribution in [2.75, 3.05) is 60.7 Å². The van der Waals surface area contributed by atoms with Gasteiger partial charge in [0.15, 0.2) is 0 Å². The Bertz CT molecular complexity index is 872. The third kappa shape index (κ3) is 6.31. The summed E-state index contributed by atoms with van der Waals surface area (Å²) in [6, 6.07) is 16.9. The lowest BCUT2D eigenvalue weighted by Gasteiger charge is -2.29. The molecule has 174 valence electrons. The summed E-state index contributed by atoms with van der Waals surface area (Å²) >= 11 is 0. The predicted molar refractivity (Wildman–Crippen MR) is 126 cm³/mol. The Hall–Kier alpha value is -2.41. The monoisotopic (exact) mass is 440 g/mol. The van der Waals surface area contributed by atoms with Crippen molar-refractivity contribution >= 4 is 5.91 Å². The van der Waals surface area contributed by atoms with Gasteiger partial charge in [-0.05, 0) is 30.0 Å². The van der Waals surface area contributed by atoms with Gasteiger partial charge in [0.25, 0.3) is 0 Å². The first-order valence-electron chi connectivity index (χ1n) is 11.2. The van der Waals surface area contributed by atoms with Crippen molar-refractivity contribution in [2.24, 2.45) is 5.92 Å². The highest BCUT2D eigenvalue weighted by molar-refractivity contribution is 5.77. The lowest BCUT2D eigenvalue weighted by atomic mass is 9.88. The zero-order chi connectivity index (χ0) is 22.9. The first-order chi connectivity index (χ1) is 15.5. The van der Waals surface area contributed by atoms with Crippen molar-refractivity contribution < 1.29 is 19.0 Å². The normalized spacial score (nSPS) is 18.6. The summed E-state index contributed by atoms with van der Waals surface area (Å²) in [6.07, 6.45) is 0. The van der Waals surface area contributed by atoms with Crippen LogP contribution in [0, 0.1) is 12.8 Å². The first-order valence-corrected chi connectivity index (χ1v) is 11.2. The van der Waals surface area contributed by atoms with Gasteiger partial charge in [0, 0.05) is 52.9 Å². The molecule has 2 aromatic carbocycles. The second-order valence-corrected chi connectivity index (χ2v) is 8.56. The van der Waals surface area contributed by atoms with E-state index in [1.807, 2.05) is 17.0 Å². The lowest BCUT2D eigenvalue weighted by Crippen LogP contribution is -2.41. The van der Waals surface area contributed by atoms with Gasteiger partial charge < -0.3 is 19.1 Å². The van der Waals surface area contributed by atoms with Crippen molar-refractivity contribution in [3.63, 3.8) is 0 Å². The quantitative estimate of drug-likeness (QED) is 0.536. The molecule has 0 unspecified atom stereocenters. The Morgan fingerprint density at radius 3 is 2.59 bits per heavy atom. The largest absolute Gasteiger partial charge is 0.496 e. The molecule has 1 aliphatic heterocycles. The van der Waals surface area contributed by atoms with Crippen molar-refractivity contribution in [3.8, 4) is 5.75 Å². The lowest BCUT2D eigenvalue weighted by molar-refractivity contribution is -0.136. The van der Waals surface area contributed by atoms with Crippen LogP contribution in [0.2, 0.25) is 0 Å². The molecule has 6 heteroatoms. The zero-order valence-electron chi connectivity index (χ0n) is 19.8. The number of rotatable bonds is 11. The molecule has 6 nitrogen and oxygen atoms in total. The van der Waals surface area contributed by atoms with Gasteiger partial charge in [-0.25, -0.2) is 0 Å². The van der Waals surface area contributed by atoms with Crippen LogP contribution in [0.4, 0.5) is 0 Å². The van der Waals surface area contributed by atoms with E-state index in [4.69, 9.17) is 14.2 Å². The van der Waals surface area contributed by atoms with E-state index in [-0.39, 0.29) is 24.3 Å². The summed E-state index contributed by atoms with van der Waals surface area (Å²) in [7, 11) is 4.94. The smallest absolute Gasteiger partial charge is 0.248 e. The standard InChI is InChI=1S/C26H36N2O4/c1-20-8-7-9-21(14-20)15-27-16-22(17-28(12-13-30-2)26(29)19-31-3)24(18-27)23-10-5-6-11-25(23)32-4/h5-11,14,22,24H,12-13,15-19H2,1-4H3/t22-,24-/m0/s1. The molecular formula is C26H36N2O4. The van der Waals surface area contributed by atoms with Gasteiger partial charge in [-0.3, -0.25) is 9.69 Å². The Morgan fingerprint density at radius 2 is 1.88 bits per heavy atom. The summed E-state index contributed by atoms with van der Waals surface area (Å²) in [5.74, 6) is 1.47. The molecule has 0 aliphatic carbocycles. The van der Waals surface area contributed by atoms with Crippen LogP contribution in [0.25, 0.3) is 0 Å². The van der Waals surface area contributed by atoms with Crippen molar-refractivity contribution in [3.05, 3.63) is 65.2 Å². The Labute approximate surface area is 192 Å². The number of carbonyl (C=O) groups excluding carboxylic acids is 1. The summed E-state index contributed by atoms with van der Waals surface area (Å²) in [4.78, 5) is 17.1. The minimum atomic E-state index is 0.000427. The Morgan fingerprint density at radius 1 is 1.06 bits per heavy atom. The predicted octanol–water partition coefficient (Wildman–Crippen LogP) is 3.34. The maximum absolute atomic E-state index is 12.7. The number of methoxy groups -OCH3 is 3. The average Bonchev–Trinajstić information content (AvgIpc) is 3.18. The topological polar surface area (TPSA) is 51.2 Å². The molecule has 0 bridgehead atoms. The summed E-state index contributed by atoms with van der Waals surface area (Å²) < 4.78 is 16.1. The third-order valence-electron chi connectivity index (χ3n) is 6.18. The highest BCUT2D eigenvalue weighted by Gasteiger charge is 2.37. The van der Waals surface area contributed by atoms with Crippen molar-refractivity contribution in [1.82, 2.24) is 9.80 Å². The second-order valence-electron chi connectivity index (χ2n) is 8.56. The number of benzene rings is 2. The van der Waals surface area contributed by atoms with E-state index < -0.39 is 0 Å². The number of carbonyl (C=O) groups is 1. The highest BCUT2D eigenvalue weighted by atomic mass is 16.5. The molecule has 32 heavy (non-hydrogen) atoms. The van der Waals surface area contributed by atoms with Gasteiger partial charge in [0.2, 0.25) is 5.91 Å². The number of hydrogen-bond acceptors (Lipinski definition) is 5. The molecule has 0 spiro atoms. The number of nitrogens with zero attached hydrogens (tertiary/aromatic N) is 2. The fourth-order valence-corrected chi connectivity index (χ4v) is 4.69. The van der Waals surface area contributed by atoms with Gasteiger partial charge in [0.1, 0.15) is 12.4 Å². The molecule has 1 saturated heterocycles. The second kappa shape index (κ2) is 12.0. The van der Waals surface area contributed by atoms with Gasteiger partial charge in [0.05, 0.1) is 13.7 Å². The van der Waals surface area contributed by atoms with Crippen LogP contribution in [-0.4, -0.2) is 76.4 Å². The number of ether oxygens (including phenoxy) is 3. The van der Waals surface area contributed by atoms with Crippen LogP contribution < -0.4 is 4.74 Å². The van der Waals surface area contributed by atoms with E-state index in [0.29, 0.717) is 19.7 Å². The van der Waals surface area contributed by atoms with E-state index in [1.54, 1.807) is 21.3 Å². The number of aryl methyl sites for hydroxylation is 1. The van der Waals surface area contributed by atoms with E-state index >= 15 is 0 Å². The van der Waals surface area contributed by atoms with Crippen LogP contribution in [0.15, 0.2) is 48.5 Å². The number of likely N-dealkylation sites (tertiary alicyclic amines) is 1. The number of hydrogen-bond donors (Lipinski definition) is 0. The molecular weight excluding hydrogens is 404 g/mol. The molecule has 0 radical (unpaired) electrons. The van der Waals surface area contributed by atoms with Crippen LogP contribution >= 0.6 is 0 Å². The first kappa shape index (κ1) is 24.2. The summed E-state index contributed by atoms with van der Waals surface area (Å²) in [5.41, 5.74) is 3.80. The van der Waals surface area contributed by atoms with Gasteiger partial charge in [-0.2, -0.15) is 0 Å². The number of para-hydroxylation sites is 1. The van der Waals surface area contributed by atoms with Gasteiger partial charge in [-0.1, -0.05) is 48.0 Å². The molecule has 3 rings (SSSR count). The van der Waals surface area contributed by atoms with E-state index in [2.05, 4.69) is 48.2 Å². The highest BCUT2D eigenvalue weighted by Crippen LogP contribution is 2.38. The summed E-state index contributed by atoms with van der Waals surface area (Å²) in [5, 5.41) is 0. The molecule has 0 saturated carbocycles. The average molecular weight is 441 g/mol. The molecule has 0 N–H and O–H groups in total. The minimum Gasteiger partial charge on any atom is -0.496 e. The maximum Gasteiger partial charge on any atom is 0.248 e. The van der Waals surface area contributed by atoms with E-state index in [1.165, 1.54) is 16.7 Å². The SMILES string of the molecule is COCCN(C[C@@H]1CN(Cc2cccc(C)c2)C[C@@H]1c1ccccc1OC)C(=O)COC. The Kier molecular flexibility index (Phi) is 9.09. The molecule has 0 aromatic heterocycles. The molecule has 1 fully saturated rings. The van der Waals surface area contributed by atoms with Crippen LogP contribution in [-0.2, 0) is 20.8 Å². The van der Waals surface area contributed by atoms with Gasteiger partial charge in [-0.15, -0.1) is 0 Å². The van der Waals surface area contributed by atoms with E-state index in [9.17, 15) is 4.79 Å². The summed E-state index contributed by atoms with van der Waals surface area (Å²) in [6.45, 7) is 6.69. The van der Waals surface area contributed by atoms with Crippen LogP contribution in [0.1, 0.15) is 22.6 Å². The van der Waals surface area contributed by atoms with Crippen molar-refractivity contribution in [2.45, 2.75) is 19.4 Å². The maximum atomic E-state index is 12.7. The zero-order valence-corrected chi connectivity index (χ0v) is 19.8. The molecule has 1 amide bonds. The molecule has 1 aliphatic rings. The van der Waals surface area contributed by atoms with E-state index in [0.717, 1.165) is 25.4 Å². The van der Waals surface area contributed by atoms with Crippen LogP contribution in [0.3, 0.4) is 0 Å². The Balaban J connectivity index is 1.84. The third-order valence-corrected chi connectivity index (χ3v) is 6.18. The number of amides is 1. The molecule has 2 atom stereocenters. The van der Waals surface area contributed by atoms with Crippen LogP contribution in [0.5, 0.6) is 5.75 Å².